The minimum absolute atomic E-state index is 0.603. The molecule has 0 unspecified atom stereocenters. The van der Waals surface area contributed by atoms with Crippen LogP contribution in [0.5, 0.6) is 5.88 Å². The summed E-state index contributed by atoms with van der Waals surface area (Å²) < 4.78 is 5.50. The number of benzene rings is 1. The fourth-order valence-electron chi connectivity index (χ4n) is 4.19. The molecule has 0 saturated heterocycles. The van der Waals surface area contributed by atoms with Gasteiger partial charge in [-0.3, -0.25) is 0 Å². The van der Waals surface area contributed by atoms with Crippen molar-refractivity contribution < 1.29 is 4.74 Å². The molecule has 146 valence electrons. The quantitative estimate of drug-likeness (QED) is 0.510. The topological polar surface area (TPSA) is 35.0 Å². The molecule has 3 nitrogen and oxygen atoms in total. The minimum atomic E-state index is 0.603. The second-order valence-corrected chi connectivity index (χ2v) is 8.02. The van der Waals surface area contributed by atoms with E-state index in [2.05, 4.69) is 48.3 Å². The molecule has 1 aromatic carbocycles. The van der Waals surface area contributed by atoms with E-state index in [4.69, 9.17) is 4.74 Å². The second-order valence-electron chi connectivity index (χ2n) is 8.02. The van der Waals surface area contributed by atoms with Crippen LogP contribution in [0.25, 0.3) is 11.3 Å². The van der Waals surface area contributed by atoms with Crippen molar-refractivity contribution in [2.45, 2.75) is 71.6 Å². The Kier molecular flexibility index (Phi) is 7.67. The van der Waals surface area contributed by atoms with E-state index < -0.39 is 0 Å². The van der Waals surface area contributed by atoms with E-state index in [1.807, 2.05) is 12.1 Å². The zero-order valence-electron chi connectivity index (χ0n) is 17.0. The van der Waals surface area contributed by atoms with E-state index in [9.17, 15) is 0 Å². The summed E-state index contributed by atoms with van der Waals surface area (Å²) in [5.74, 6) is 2.54. The van der Waals surface area contributed by atoms with Gasteiger partial charge in [0.25, 0.3) is 0 Å². The Morgan fingerprint density at radius 2 is 1.52 bits per heavy atom. The molecule has 1 aliphatic carbocycles. The lowest BCUT2D eigenvalue weighted by atomic mass is 9.78. The highest BCUT2D eigenvalue weighted by Gasteiger charge is 2.20. The van der Waals surface area contributed by atoms with E-state index in [1.165, 1.54) is 56.9 Å². The predicted octanol–water partition coefficient (Wildman–Crippen LogP) is 6.47. The Balaban J connectivity index is 1.47. The highest BCUT2D eigenvalue weighted by atomic mass is 16.5. The molecule has 1 aromatic heterocycles. The van der Waals surface area contributed by atoms with E-state index in [1.54, 1.807) is 0 Å². The van der Waals surface area contributed by atoms with Crippen LogP contribution in [-0.2, 0) is 6.42 Å². The summed E-state index contributed by atoms with van der Waals surface area (Å²) in [5, 5.41) is 8.46. The number of hydrogen-bond acceptors (Lipinski definition) is 3. The third kappa shape index (κ3) is 6.05. The smallest absolute Gasteiger partial charge is 0.233 e. The monoisotopic (exact) mass is 366 g/mol. The van der Waals surface area contributed by atoms with Crippen LogP contribution in [0.1, 0.15) is 70.8 Å². The number of hydrogen-bond donors (Lipinski definition) is 0. The van der Waals surface area contributed by atoms with Gasteiger partial charge in [0.1, 0.15) is 0 Å². The van der Waals surface area contributed by atoms with Gasteiger partial charge in [0.05, 0.1) is 12.3 Å². The molecule has 1 saturated carbocycles. The Labute approximate surface area is 164 Å². The number of nitrogens with zero attached hydrogens (tertiary/aromatic N) is 2. The van der Waals surface area contributed by atoms with Crippen LogP contribution in [0.3, 0.4) is 0 Å². The molecule has 27 heavy (non-hydrogen) atoms. The normalized spacial score (nSPS) is 19.8. The lowest BCUT2D eigenvalue weighted by Gasteiger charge is -2.28. The van der Waals surface area contributed by atoms with Crippen molar-refractivity contribution in [3.63, 3.8) is 0 Å². The van der Waals surface area contributed by atoms with Crippen molar-refractivity contribution in [2.75, 3.05) is 6.61 Å². The largest absolute Gasteiger partial charge is 0.477 e. The van der Waals surface area contributed by atoms with Crippen LogP contribution < -0.4 is 4.74 Å². The molecular formula is C24H34N2O. The van der Waals surface area contributed by atoms with Gasteiger partial charge in [-0.2, -0.15) is 0 Å². The Bertz CT molecular complexity index is 658. The summed E-state index contributed by atoms with van der Waals surface area (Å²) in [7, 11) is 0. The molecule has 0 bridgehead atoms. The summed E-state index contributed by atoms with van der Waals surface area (Å²) in [6.45, 7) is 5.08. The summed E-state index contributed by atoms with van der Waals surface area (Å²) in [6, 6.07) is 12.7. The summed E-state index contributed by atoms with van der Waals surface area (Å²) in [6.07, 6.45) is 12.1. The molecule has 1 aliphatic rings. The van der Waals surface area contributed by atoms with Gasteiger partial charge in [-0.05, 0) is 42.7 Å². The van der Waals surface area contributed by atoms with Gasteiger partial charge in [0.2, 0.25) is 5.88 Å². The molecular weight excluding hydrogens is 332 g/mol. The van der Waals surface area contributed by atoms with Crippen molar-refractivity contribution in [1.29, 1.82) is 0 Å². The molecule has 0 radical (unpaired) electrons. The van der Waals surface area contributed by atoms with Crippen LogP contribution in [0.4, 0.5) is 0 Å². The van der Waals surface area contributed by atoms with Crippen LogP contribution in [0.2, 0.25) is 0 Å². The standard InChI is InChI=1S/C24H34N2O/c1-3-5-19-6-8-20(9-7-19)10-11-21-12-14-22(15-13-21)23-16-17-24(26-25-23)27-18-4-2/h12-17,19-20H,3-11,18H2,1-2H3. The van der Waals surface area contributed by atoms with Crippen molar-refractivity contribution in [3.05, 3.63) is 42.0 Å². The van der Waals surface area contributed by atoms with E-state index in [-0.39, 0.29) is 0 Å². The lowest BCUT2D eigenvalue weighted by molar-refractivity contribution is 0.252. The molecule has 0 spiro atoms. The molecule has 0 amide bonds. The predicted molar refractivity (Wildman–Crippen MR) is 112 cm³/mol. The molecule has 0 aliphatic heterocycles. The van der Waals surface area contributed by atoms with E-state index >= 15 is 0 Å². The third-order valence-corrected chi connectivity index (χ3v) is 5.85. The van der Waals surface area contributed by atoms with Gasteiger partial charge in [0.15, 0.2) is 0 Å². The van der Waals surface area contributed by atoms with Crippen LogP contribution in [0, 0.1) is 11.8 Å². The zero-order valence-corrected chi connectivity index (χ0v) is 17.0. The van der Waals surface area contributed by atoms with Gasteiger partial charge >= 0.3 is 0 Å². The molecule has 1 fully saturated rings. The molecule has 2 aromatic rings. The van der Waals surface area contributed by atoms with Crippen LogP contribution >= 0.6 is 0 Å². The van der Waals surface area contributed by atoms with Crippen molar-refractivity contribution in [3.8, 4) is 17.1 Å². The van der Waals surface area contributed by atoms with E-state index in [0.29, 0.717) is 12.5 Å². The summed E-state index contributed by atoms with van der Waals surface area (Å²) in [5.41, 5.74) is 3.46. The first-order valence-corrected chi connectivity index (χ1v) is 10.8. The van der Waals surface area contributed by atoms with Gasteiger partial charge in [-0.1, -0.05) is 76.6 Å². The lowest BCUT2D eigenvalue weighted by Crippen LogP contribution is -2.15. The van der Waals surface area contributed by atoms with Crippen LogP contribution in [-0.4, -0.2) is 16.8 Å². The average Bonchev–Trinajstić information content (AvgIpc) is 2.73. The highest BCUT2D eigenvalue weighted by molar-refractivity contribution is 5.59. The van der Waals surface area contributed by atoms with Crippen molar-refractivity contribution in [2.24, 2.45) is 11.8 Å². The van der Waals surface area contributed by atoms with Gasteiger partial charge < -0.3 is 4.74 Å². The van der Waals surface area contributed by atoms with Crippen LogP contribution in [0.15, 0.2) is 36.4 Å². The fourth-order valence-corrected chi connectivity index (χ4v) is 4.19. The van der Waals surface area contributed by atoms with E-state index in [0.717, 1.165) is 29.5 Å². The number of ether oxygens (including phenoxy) is 1. The van der Waals surface area contributed by atoms with Gasteiger partial charge in [-0.15, -0.1) is 10.2 Å². The van der Waals surface area contributed by atoms with Gasteiger partial charge in [0, 0.05) is 11.6 Å². The molecule has 3 heteroatoms. The Morgan fingerprint density at radius 3 is 2.11 bits per heavy atom. The van der Waals surface area contributed by atoms with Crippen molar-refractivity contribution in [1.82, 2.24) is 10.2 Å². The maximum atomic E-state index is 5.50. The first-order chi connectivity index (χ1) is 13.3. The Hall–Kier alpha value is -1.90. The number of aromatic nitrogens is 2. The average molecular weight is 367 g/mol. The number of aryl methyl sites for hydroxylation is 1. The van der Waals surface area contributed by atoms with Gasteiger partial charge in [-0.25, -0.2) is 0 Å². The third-order valence-electron chi connectivity index (χ3n) is 5.85. The van der Waals surface area contributed by atoms with Crippen molar-refractivity contribution >= 4 is 0 Å². The minimum Gasteiger partial charge on any atom is -0.477 e. The SMILES string of the molecule is CCCOc1ccc(-c2ccc(CCC3CCC(CCC)CC3)cc2)nn1. The first kappa shape index (κ1) is 19.9. The maximum Gasteiger partial charge on any atom is 0.233 e. The highest BCUT2D eigenvalue weighted by Crippen LogP contribution is 2.34. The number of rotatable bonds is 9. The Morgan fingerprint density at radius 1 is 0.815 bits per heavy atom. The summed E-state index contributed by atoms with van der Waals surface area (Å²) in [4.78, 5) is 0. The fraction of sp³-hybridized carbons (Fsp3) is 0.583. The molecule has 0 atom stereocenters. The first-order valence-electron chi connectivity index (χ1n) is 10.8. The zero-order chi connectivity index (χ0) is 18.9. The second kappa shape index (κ2) is 10.4. The summed E-state index contributed by atoms with van der Waals surface area (Å²) >= 11 is 0. The molecule has 3 rings (SSSR count). The maximum absolute atomic E-state index is 5.50. The molecule has 1 heterocycles. The molecule has 0 N–H and O–H groups in total.